The molecule has 1 atom stereocenters. The number of hydrogen-bond acceptors (Lipinski definition) is 3. The molecule has 1 aromatic carbocycles. The zero-order chi connectivity index (χ0) is 17.2. The summed E-state index contributed by atoms with van der Waals surface area (Å²) in [6, 6.07) is 7.61. The van der Waals surface area contributed by atoms with Crippen LogP contribution in [-0.2, 0) is 21.2 Å². The van der Waals surface area contributed by atoms with Crippen LogP contribution in [0.25, 0.3) is 10.9 Å². The predicted molar refractivity (Wildman–Crippen MR) is 93.2 cm³/mol. The van der Waals surface area contributed by atoms with Crippen molar-refractivity contribution in [3.63, 3.8) is 0 Å². The molecule has 0 aliphatic carbocycles. The molecule has 0 saturated heterocycles. The maximum Gasteiger partial charge on any atom is 0.242 e. The highest BCUT2D eigenvalue weighted by molar-refractivity contribution is 7.91. The summed E-state index contributed by atoms with van der Waals surface area (Å²) in [5.74, 6) is 0.00223. The van der Waals surface area contributed by atoms with Gasteiger partial charge in [-0.05, 0) is 25.5 Å². The fourth-order valence-corrected chi connectivity index (χ4v) is 3.86. The van der Waals surface area contributed by atoms with E-state index in [1.165, 1.54) is 4.90 Å². The molecular weight excluding hydrogens is 312 g/mol. The van der Waals surface area contributed by atoms with Gasteiger partial charge in [-0.15, -0.1) is 0 Å². The number of aryl methyl sites for hydroxylation is 1. The number of para-hydroxylation sites is 1. The summed E-state index contributed by atoms with van der Waals surface area (Å²) in [5, 5.41) is 1.13. The molecule has 0 fully saturated rings. The Balaban J connectivity index is 2.14. The third-order valence-corrected chi connectivity index (χ3v) is 6.15. The van der Waals surface area contributed by atoms with Crippen molar-refractivity contribution in [1.29, 1.82) is 0 Å². The van der Waals surface area contributed by atoms with Crippen LogP contribution in [0.2, 0.25) is 0 Å². The van der Waals surface area contributed by atoms with Gasteiger partial charge in [0.1, 0.15) is 6.54 Å². The highest BCUT2D eigenvalue weighted by atomic mass is 32.2. The molecule has 0 unspecified atom stereocenters. The summed E-state index contributed by atoms with van der Waals surface area (Å²) >= 11 is 0. The van der Waals surface area contributed by atoms with E-state index in [0.29, 0.717) is 0 Å². The average molecular weight is 336 g/mol. The van der Waals surface area contributed by atoms with E-state index >= 15 is 0 Å². The molecule has 0 bridgehead atoms. The zero-order valence-electron chi connectivity index (χ0n) is 14.1. The number of sulfone groups is 1. The molecule has 1 aromatic heterocycles. The molecule has 0 N–H and O–H groups in total. The Bertz CT molecular complexity index is 808. The summed E-state index contributed by atoms with van der Waals surface area (Å²) in [6.45, 7) is 5.62. The number of aromatic nitrogens is 1. The van der Waals surface area contributed by atoms with Crippen molar-refractivity contribution in [2.75, 3.05) is 18.6 Å². The number of carbonyl (C=O) groups excluding carboxylic acids is 1. The molecule has 126 valence electrons. The molecule has 1 heterocycles. The standard InChI is InChI=1S/C17H24N2O3S/c1-5-23(21,22)12-14(3)18(4)17(20)11-19-10-13(2)15-8-6-7-9-16(15)19/h6-10,14H,5,11-12H2,1-4H3/t14-/m1/s1. The van der Waals surface area contributed by atoms with Crippen LogP contribution in [0, 0.1) is 6.92 Å². The Morgan fingerprint density at radius 2 is 1.96 bits per heavy atom. The van der Waals surface area contributed by atoms with Crippen molar-refractivity contribution in [2.24, 2.45) is 0 Å². The van der Waals surface area contributed by atoms with E-state index in [4.69, 9.17) is 0 Å². The molecule has 0 aliphatic rings. The Hall–Kier alpha value is -1.82. The van der Waals surface area contributed by atoms with Gasteiger partial charge in [0.15, 0.2) is 9.84 Å². The van der Waals surface area contributed by atoms with Crippen LogP contribution in [0.1, 0.15) is 19.4 Å². The number of likely N-dealkylation sites (N-methyl/N-ethyl adjacent to an activating group) is 1. The largest absolute Gasteiger partial charge is 0.340 e. The Labute approximate surface area is 137 Å². The summed E-state index contributed by atoms with van der Waals surface area (Å²) < 4.78 is 25.4. The quantitative estimate of drug-likeness (QED) is 0.813. The Kier molecular flexibility index (Phi) is 5.14. The van der Waals surface area contributed by atoms with Gasteiger partial charge in [0.05, 0.1) is 5.75 Å². The second kappa shape index (κ2) is 6.74. The van der Waals surface area contributed by atoms with Gasteiger partial charge in [-0.25, -0.2) is 8.42 Å². The molecule has 2 rings (SSSR count). The van der Waals surface area contributed by atoms with Crippen LogP contribution in [0.4, 0.5) is 0 Å². The van der Waals surface area contributed by atoms with Crippen molar-refractivity contribution in [3.05, 3.63) is 36.0 Å². The summed E-state index contributed by atoms with van der Waals surface area (Å²) in [6.07, 6.45) is 1.96. The van der Waals surface area contributed by atoms with E-state index in [1.807, 2.05) is 42.0 Å². The van der Waals surface area contributed by atoms with Crippen molar-refractivity contribution >= 4 is 26.6 Å². The maximum absolute atomic E-state index is 12.5. The van der Waals surface area contributed by atoms with Gasteiger partial charge in [-0.1, -0.05) is 25.1 Å². The second-order valence-corrected chi connectivity index (χ2v) is 8.41. The SMILES string of the molecule is CCS(=O)(=O)C[C@@H](C)N(C)C(=O)Cn1cc(C)c2ccccc21. The van der Waals surface area contributed by atoms with E-state index in [9.17, 15) is 13.2 Å². The normalized spacial score (nSPS) is 13.2. The molecule has 5 nitrogen and oxygen atoms in total. The molecule has 0 saturated carbocycles. The van der Waals surface area contributed by atoms with Crippen LogP contribution in [0.15, 0.2) is 30.5 Å². The minimum atomic E-state index is -3.10. The molecule has 2 aromatic rings. The summed E-state index contributed by atoms with van der Waals surface area (Å²) in [5.41, 5.74) is 2.14. The van der Waals surface area contributed by atoms with Gasteiger partial charge in [0.25, 0.3) is 0 Å². The number of fused-ring (bicyclic) bond motifs is 1. The zero-order valence-corrected chi connectivity index (χ0v) is 14.9. The highest BCUT2D eigenvalue weighted by Gasteiger charge is 2.21. The van der Waals surface area contributed by atoms with Gasteiger partial charge >= 0.3 is 0 Å². The van der Waals surface area contributed by atoms with E-state index in [-0.39, 0.29) is 30.0 Å². The molecular formula is C17H24N2O3S. The lowest BCUT2D eigenvalue weighted by molar-refractivity contribution is -0.131. The van der Waals surface area contributed by atoms with Crippen molar-refractivity contribution in [1.82, 2.24) is 9.47 Å². The van der Waals surface area contributed by atoms with E-state index in [2.05, 4.69) is 0 Å². The topological polar surface area (TPSA) is 59.4 Å². The van der Waals surface area contributed by atoms with E-state index in [1.54, 1.807) is 20.9 Å². The first kappa shape index (κ1) is 17.5. The average Bonchev–Trinajstić information content (AvgIpc) is 2.83. The lowest BCUT2D eigenvalue weighted by atomic mass is 10.2. The first-order valence-electron chi connectivity index (χ1n) is 7.75. The number of carbonyl (C=O) groups is 1. The lowest BCUT2D eigenvalue weighted by Crippen LogP contribution is -2.41. The van der Waals surface area contributed by atoms with Crippen LogP contribution in [0.5, 0.6) is 0 Å². The molecule has 1 amide bonds. The molecule has 0 radical (unpaired) electrons. The minimum Gasteiger partial charge on any atom is -0.340 e. The fourth-order valence-electron chi connectivity index (χ4n) is 2.66. The first-order chi connectivity index (χ1) is 10.7. The number of rotatable bonds is 6. The first-order valence-corrected chi connectivity index (χ1v) is 9.58. The van der Waals surface area contributed by atoms with Crippen molar-refractivity contribution < 1.29 is 13.2 Å². The Morgan fingerprint density at radius 3 is 2.61 bits per heavy atom. The summed E-state index contributed by atoms with van der Waals surface area (Å²) in [4.78, 5) is 14.0. The number of benzene rings is 1. The smallest absolute Gasteiger partial charge is 0.242 e. The van der Waals surface area contributed by atoms with Crippen LogP contribution in [0.3, 0.4) is 0 Å². The number of amides is 1. The molecule has 6 heteroatoms. The van der Waals surface area contributed by atoms with Gasteiger partial charge in [0, 0.05) is 35.9 Å². The van der Waals surface area contributed by atoms with Crippen LogP contribution in [-0.4, -0.2) is 48.4 Å². The van der Waals surface area contributed by atoms with Gasteiger partial charge < -0.3 is 9.47 Å². The predicted octanol–water partition coefficient (Wildman–Crippen LogP) is 2.23. The minimum absolute atomic E-state index is 0.00278. The van der Waals surface area contributed by atoms with E-state index in [0.717, 1.165) is 16.5 Å². The van der Waals surface area contributed by atoms with Crippen molar-refractivity contribution in [2.45, 2.75) is 33.4 Å². The van der Waals surface area contributed by atoms with Gasteiger partial charge in [-0.3, -0.25) is 4.79 Å². The van der Waals surface area contributed by atoms with Crippen LogP contribution >= 0.6 is 0 Å². The van der Waals surface area contributed by atoms with Crippen LogP contribution < -0.4 is 0 Å². The molecule has 0 spiro atoms. The van der Waals surface area contributed by atoms with Gasteiger partial charge in [-0.2, -0.15) is 0 Å². The van der Waals surface area contributed by atoms with Gasteiger partial charge in [0.2, 0.25) is 5.91 Å². The number of nitrogens with zero attached hydrogens (tertiary/aromatic N) is 2. The lowest BCUT2D eigenvalue weighted by Gasteiger charge is -2.25. The van der Waals surface area contributed by atoms with E-state index < -0.39 is 9.84 Å². The summed E-state index contributed by atoms with van der Waals surface area (Å²) in [7, 11) is -1.44. The third-order valence-electron chi connectivity index (χ3n) is 4.28. The number of hydrogen-bond donors (Lipinski definition) is 0. The Morgan fingerprint density at radius 1 is 1.30 bits per heavy atom. The fraction of sp³-hybridized carbons (Fsp3) is 0.471. The maximum atomic E-state index is 12.5. The molecule has 23 heavy (non-hydrogen) atoms. The molecule has 0 aliphatic heterocycles. The monoisotopic (exact) mass is 336 g/mol. The van der Waals surface area contributed by atoms with Crippen molar-refractivity contribution in [3.8, 4) is 0 Å². The third kappa shape index (κ3) is 3.93. The second-order valence-electron chi connectivity index (χ2n) is 6.01. The highest BCUT2D eigenvalue weighted by Crippen LogP contribution is 2.20.